The van der Waals surface area contributed by atoms with Gasteiger partial charge in [-0.05, 0) is 61.2 Å². The number of carbonyl (C=O) groups excluding carboxylic acids is 2. The average Bonchev–Trinajstić information content (AvgIpc) is 3.21. The number of rotatable bonds is 5. The first-order chi connectivity index (χ1) is 13.2. The average molecular weight is 360 g/mol. The van der Waals surface area contributed by atoms with Crippen molar-refractivity contribution in [1.82, 2.24) is 5.32 Å². The van der Waals surface area contributed by atoms with Gasteiger partial charge in [0.2, 0.25) is 0 Å². The van der Waals surface area contributed by atoms with Crippen molar-refractivity contribution in [2.45, 2.75) is 24.8 Å². The largest absolute Gasteiger partial charge is 0.459 e. The molecule has 0 unspecified atom stereocenters. The van der Waals surface area contributed by atoms with Crippen molar-refractivity contribution in [2.75, 3.05) is 5.32 Å². The molecule has 4 rings (SSSR count). The minimum absolute atomic E-state index is 0.109. The number of anilines is 1. The summed E-state index contributed by atoms with van der Waals surface area (Å²) >= 11 is 0. The van der Waals surface area contributed by atoms with E-state index in [9.17, 15) is 9.59 Å². The Morgan fingerprint density at radius 1 is 0.852 bits per heavy atom. The van der Waals surface area contributed by atoms with Crippen molar-refractivity contribution in [3.8, 4) is 0 Å². The van der Waals surface area contributed by atoms with Crippen LogP contribution in [0, 0.1) is 0 Å². The molecule has 5 heteroatoms. The summed E-state index contributed by atoms with van der Waals surface area (Å²) in [4.78, 5) is 24.7. The Morgan fingerprint density at radius 2 is 1.59 bits per heavy atom. The van der Waals surface area contributed by atoms with Gasteiger partial charge in [-0.15, -0.1) is 0 Å². The van der Waals surface area contributed by atoms with Crippen LogP contribution in [0.15, 0.2) is 77.4 Å². The molecule has 5 nitrogen and oxygen atoms in total. The van der Waals surface area contributed by atoms with Crippen LogP contribution in [0.25, 0.3) is 0 Å². The molecule has 1 aliphatic carbocycles. The van der Waals surface area contributed by atoms with E-state index in [2.05, 4.69) is 22.8 Å². The molecule has 0 radical (unpaired) electrons. The molecule has 0 spiro atoms. The maximum Gasteiger partial charge on any atom is 0.291 e. The molecule has 1 heterocycles. The summed E-state index contributed by atoms with van der Waals surface area (Å²) in [5.74, 6) is -0.191. The van der Waals surface area contributed by atoms with Gasteiger partial charge in [-0.1, -0.05) is 30.3 Å². The summed E-state index contributed by atoms with van der Waals surface area (Å²) in [5.41, 5.74) is 2.04. The Hall–Kier alpha value is -3.34. The number of carbonyl (C=O) groups is 2. The highest BCUT2D eigenvalue weighted by molar-refractivity contribution is 6.02. The van der Waals surface area contributed by atoms with Gasteiger partial charge in [-0.2, -0.15) is 0 Å². The third-order valence-electron chi connectivity index (χ3n) is 5.04. The first-order valence-corrected chi connectivity index (χ1v) is 8.99. The number of furan rings is 1. The van der Waals surface area contributed by atoms with E-state index in [1.54, 1.807) is 36.4 Å². The van der Waals surface area contributed by atoms with E-state index in [1.165, 1.54) is 6.26 Å². The predicted molar refractivity (Wildman–Crippen MR) is 103 cm³/mol. The van der Waals surface area contributed by atoms with Crippen LogP contribution in [0.3, 0.4) is 0 Å². The van der Waals surface area contributed by atoms with Crippen molar-refractivity contribution in [3.63, 3.8) is 0 Å². The minimum Gasteiger partial charge on any atom is -0.459 e. The van der Waals surface area contributed by atoms with Crippen LogP contribution >= 0.6 is 0 Å². The molecule has 0 atom stereocenters. The highest BCUT2D eigenvalue weighted by Gasteiger charge is 2.39. The van der Waals surface area contributed by atoms with E-state index in [1.807, 2.05) is 18.2 Å². The second kappa shape index (κ2) is 7.11. The smallest absolute Gasteiger partial charge is 0.291 e. The van der Waals surface area contributed by atoms with Gasteiger partial charge in [-0.3, -0.25) is 9.59 Å². The zero-order valence-corrected chi connectivity index (χ0v) is 14.8. The standard InChI is InChI=1S/C22H20N2O3/c25-20(24-22(13-5-14-22)17-6-2-1-3-7-17)16-9-11-18(12-10-16)23-21(26)19-8-4-15-27-19/h1-4,6-12,15H,5,13-14H2,(H,23,26)(H,24,25). The topological polar surface area (TPSA) is 71.3 Å². The summed E-state index contributed by atoms with van der Waals surface area (Å²) in [5, 5.41) is 5.95. The van der Waals surface area contributed by atoms with Crippen LogP contribution < -0.4 is 10.6 Å². The third kappa shape index (κ3) is 3.49. The zero-order chi connectivity index (χ0) is 18.7. The number of hydrogen-bond donors (Lipinski definition) is 2. The fourth-order valence-electron chi connectivity index (χ4n) is 3.37. The van der Waals surface area contributed by atoms with E-state index < -0.39 is 0 Å². The summed E-state index contributed by atoms with van der Waals surface area (Å²) in [6, 6.07) is 20.2. The lowest BCUT2D eigenvalue weighted by molar-refractivity contribution is 0.0823. The van der Waals surface area contributed by atoms with Crippen molar-refractivity contribution >= 4 is 17.5 Å². The molecule has 0 aliphatic heterocycles. The highest BCUT2D eigenvalue weighted by Crippen LogP contribution is 2.41. The number of nitrogens with one attached hydrogen (secondary N) is 2. The predicted octanol–water partition coefficient (Wildman–Crippen LogP) is 4.34. The lowest BCUT2D eigenvalue weighted by Gasteiger charge is -2.43. The van der Waals surface area contributed by atoms with Crippen molar-refractivity contribution in [3.05, 3.63) is 89.9 Å². The molecule has 1 aliphatic rings. The van der Waals surface area contributed by atoms with E-state index in [4.69, 9.17) is 4.42 Å². The van der Waals surface area contributed by atoms with Crippen LogP contribution in [0.4, 0.5) is 5.69 Å². The lowest BCUT2D eigenvalue weighted by Crippen LogP contribution is -2.50. The molecule has 27 heavy (non-hydrogen) atoms. The Balaban J connectivity index is 1.44. The summed E-state index contributed by atoms with van der Waals surface area (Å²) in [7, 11) is 0. The fourth-order valence-corrected chi connectivity index (χ4v) is 3.37. The Labute approximate surface area is 157 Å². The minimum atomic E-state index is -0.324. The maximum absolute atomic E-state index is 12.7. The quantitative estimate of drug-likeness (QED) is 0.711. The monoisotopic (exact) mass is 360 g/mol. The van der Waals surface area contributed by atoms with Gasteiger partial charge >= 0.3 is 0 Å². The van der Waals surface area contributed by atoms with E-state index >= 15 is 0 Å². The fraction of sp³-hybridized carbons (Fsp3) is 0.182. The summed E-state index contributed by atoms with van der Waals surface area (Å²) in [6.07, 6.45) is 4.44. The van der Waals surface area contributed by atoms with Crippen molar-refractivity contribution < 1.29 is 14.0 Å². The molecule has 0 bridgehead atoms. The van der Waals surface area contributed by atoms with Crippen LogP contribution in [-0.4, -0.2) is 11.8 Å². The SMILES string of the molecule is O=C(NC1(c2ccccc2)CCC1)c1ccc(NC(=O)c2ccco2)cc1. The number of hydrogen-bond acceptors (Lipinski definition) is 3. The van der Waals surface area contributed by atoms with E-state index in [0.717, 1.165) is 24.8 Å². The Bertz CT molecular complexity index is 927. The van der Waals surface area contributed by atoms with Crippen LogP contribution in [-0.2, 0) is 5.54 Å². The first-order valence-electron chi connectivity index (χ1n) is 8.99. The molecule has 2 amide bonds. The third-order valence-corrected chi connectivity index (χ3v) is 5.04. The summed E-state index contributed by atoms with van der Waals surface area (Å²) in [6.45, 7) is 0. The second-order valence-corrected chi connectivity index (χ2v) is 6.76. The van der Waals surface area contributed by atoms with Gasteiger partial charge in [0, 0.05) is 11.3 Å². The lowest BCUT2D eigenvalue weighted by atomic mass is 9.71. The highest BCUT2D eigenvalue weighted by atomic mass is 16.3. The Morgan fingerprint density at radius 3 is 2.19 bits per heavy atom. The maximum atomic E-state index is 12.7. The van der Waals surface area contributed by atoms with Crippen LogP contribution in [0.5, 0.6) is 0 Å². The van der Waals surface area contributed by atoms with Gasteiger partial charge < -0.3 is 15.1 Å². The molecular formula is C22H20N2O3. The second-order valence-electron chi connectivity index (χ2n) is 6.76. The molecule has 136 valence electrons. The molecule has 0 saturated heterocycles. The van der Waals surface area contributed by atoms with E-state index in [-0.39, 0.29) is 23.1 Å². The number of benzene rings is 2. The van der Waals surface area contributed by atoms with Gasteiger partial charge in [-0.25, -0.2) is 0 Å². The van der Waals surface area contributed by atoms with Gasteiger partial charge in [0.15, 0.2) is 5.76 Å². The van der Waals surface area contributed by atoms with E-state index in [0.29, 0.717) is 11.3 Å². The van der Waals surface area contributed by atoms with Crippen LogP contribution in [0.1, 0.15) is 45.7 Å². The molecule has 1 fully saturated rings. The Kier molecular flexibility index (Phi) is 4.50. The summed E-state index contributed by atoms with van der Waals surface area (Å²) < 4.78 is 5.07. The number of amides is 2. The zero-order valence-electron chi connectivity index (χ0n) is 14.8. The van der Waals surface area contributed by atoms with Gasteiger partial charge in [0.05, 0.1) is 11.8 Å². The van der Waals surface area contributed by atoms with Crippen molar-refractivity contribution in [2.24, 2.45) is 0 Å². The first kappa shape index (κ1) is 17.1. The van der Waals surface area contributed by atoms with Crippen LogP contribution in [0.2, 0.25) is 0 Å². The van der Waals surface area contributed by atoms with Gasteiger partial charge in [0.25, 0.3) is 11.8 Å². The molecule has 1 saturated carbocycles. The molecule has 1 aromatic heterocycles. The molecule has 2 aromatic carbocycles. The molecule has 3 aromatic rings. The van der Waals surface area contributed by atoms with Crippen molar-refractivity contribution in [1.29, 1.82) is 0 Å². The van der Waals surface area contributed by atoms with Gasteiger partial charge in [0.1, 0.15) is 0 Å². The molecule has 2 N–H and O–H groups in total. The molecular weight excluding hydrogens is 340 g/mol. The normalized spacial score (nSPS) is 14.8.